The number of aromatic nitrogens is 2. The Morgan fingerprint density at radius 1 is 1.23 bits per heavy atom. The lowest BCUT2D eigenvalue weighted by Crippen LogP contribution is -2.30. The topological polar surface area (TPSA) is 64.1 Å². The maximum absolute atomic E-state index is 12.2. The summed E-state index contributed by atoms with van der Waals surface area (Å²) in [5.41, 5.74) is 2.21. The van der Waals surface area contributed by atoms with Gasteiger partial charge in [-0.1, -0.05) is 23.7 Å². The number of benzene rings is 2. The monoisotopic (exact) mass is 333 g/mol. The summed E-state index contributed by atoms with van der Waals surface area (Å²) in [5, 5.41) is 3.26. The molecule has 1 aromatic heterocycles. The SMILES string of the molecule is C[C@H](Oc1ccccc1Cl)C(=O)Nc1ccc2nsnc2c1. The molecule has 0 bridgehead atoms. The average molecular weight is 334 g/mol. The number of hydrogen-bond donors (Lipinski definition) is 1. The van der Waals surface area contributed by atoms with E-state index in [4.69, 9.17) is 16.3 Å². The fourth-order valence-corrected chi connectivity index (χ4v) is 2.59. The Morgan fingerprint density at radius 2 is 2.00 bits per heavy atom. The van der Waals surface area contributed by atoms with Crippen molar-refractivity contribution in [2.75, 3.05) is 5.32 Å². The average Bonchev–Trinajstić information content (AvgIpc) is 2.97. The van der Waals surface area contributed by atoms with Crippen molar-refractivity contribution in [3.8, 4) is 5.75 Å². The summed E-state index contributed by atoms with van der Waals surface area (Å²) in [4.78, 5) is 12.2. The van der Waals surface area contributed by atoms with Gasteiger partial charge in [0.1, 0.15) is 16.8 Å². The van der Waals surface area contributed by atoms with Crippen molar-refractivity contribution in [1.82, 2.24) is 8.75 Å². The van der Waals surface area contributed by atoms with E-state index in [2.05, 4.69) is 14.1 Å². The van der Waals surface area contributed by atoms with Gasteiger partial charge in [0, 0.05) is 5.69 Å². The molecule has 2 aromatic carbocycles. The number of anilines is 1. The minimum absolute atomic E-state index is 0.262. The zero-order valence-electron chi connectivity index (χ0n) is 11.6. The van der Waals surface area contributed by atoms with Crippen molar-refractivity contribution < 1.29 is 9.53 Å². The van der Waals surface area contributed by atoms with Crippen molar-refractivity contribution in [3.63, 3.8) is 0 Å². The van der Waals surface area contributed by atoms with Gasteiger partial charge in [0.2, 0.25) is 0 Å². The molecule has 3 rings (SSSR count). The fraction of sp³-hybridized carbons (Fsp3) is 0.133. The summed E-state index contributed by atoms with van der Waals surface area (Å²) in [6.07, 6.45) is -0.677. The molecule has 1 heterocycles. The van der Waals surface area contributed by atoms with Gasteiger partial charge in [0.15, 0.2) is 6.10 Å². The number of amides is 1. The van der Waals surface area contributed by atoms with Gasteiger partial charge >= 0.3 is 0 Å². The molecule has 1 atom stereocenters. The van der Waals surface area contributed by atoms with Crippen molar-refractivity contribution in [2.24, 2.45) is 0 Å². The molecule has 0 aliphatic carbocycles. The second-order valence-corrected chi connectivity index (χ2v) is 5.58. The number of fused-ring (bicyclic) bond motifs is 1. The Morgan fingerprint density at radius 3 is 2.82 bits per heavy atom. The van der Waals surface area contributed by atoms with Gasteiger partial charge < -0.3 is 10.1 Å². The molecular weight excluding hydrogens is 322 g/mol. The van der Waals surface area contributed by atoms with Gasteiger partial charge in [-0.15, -0.1) is 0 Å². The van der Waals surface area contributed by atoms with Gasteiger partial charge in [-0.3, -0.25) is 4.79 Å². The van der Waals surface area contributed by atoms with E-state index in [0.717, 1.165) is 22.8 Å². The van der Waals surface area contributed by atoms with Crippen LogP contribution in [0.5, 0.6) is 5.75 Å². The first kappa shape index (κ1) is 14.7. The summed E-state index contributed by atoms with van der Waals surface area (Å²) in [7, 11) is 0. The Bertz CT molecular complexity index is 821. The molecule has 3 aromatic rings. The minimum atomic E-state index is -0.677. The first-order valence-corrected chi connectivity index (χ1v) is 7.68. The van der Waals surface area contributed by atoms with Crippen LogP contribution in [0, 0.1) is 0 Å². The lowest BCUT2D eigenvalue weighted by atomic mass is 10.2. The van der Waals surface area contributed by atoms with Gasteiger partial charge in [-0.2, -0.15) is 8.75 Å². The predicted octanol–water partition coefficient (Wildman–Crippen LogP) is 3.75. The van der Waals surface area contributed by atoms with E-state index in [-0.39, 0.29) is 5.91 Å². The highest BCUT2D eigenvalue weighted by atomic mass is 35.5. The largest absolute Gasteiger partial charge is 0.479 e. The zero-order chi connectivity index (χ0) is 15.5. The molecule has 7 heteroatoms. The van der Waals surface area contributed by atoms with Crippen LogP contribution in [0.2, 0.25) is 5.02 Å². The number of hydrogen-bond acceptors (Lipinski definition) is 5. The normalized spacial score (nSPS) is 12.1. The lowest BCUT2D eigenvalue weighted by Gasteiger charge is -2.15. The number of ether oxygens (including phenoxy) is 1. The predicted molar refractivity (Wildman–Crippen MR) is 87.6 cm³/mol. The molecule has 0 saturated carbocycles. The summed E-state index contributed by atoms with van der Waals surface area (Å²) >= 11 is 7.15. The van der Waals surface area contributed by atoms with Crippen LogP contribution in [-0.4, -0.2) is 20.8 Å². The highest BCUT2D eigenvalue weighted by Gasteiger charge is 2.16. The van der Waals surface area contributed by atoms with Crippen LogP contribution in [0.15, 0.2) is 42.5 Å². The second-order valence-electron chi connectivity index (χ2n) is 4.65. The van der Waals surface area contributed by atoms with E-state index in [1.54, 1.807) is 43.3 Å². The number of halogens is 1. The molecule has 0 aliphatic rings. The quantitative estimate of drug-likeness (QED) is 0.789. The lowest BCUT2D eigenvalue weighted by molar-refractivity contribution is -0.122. The highest BCUT2D eigenvalue weighted by molar-refractivity contribution is 7.00. The molecule has 112 valence electrons. The number of para-hydroxylation sites is 1. The van der Waals surface area contributed by atoms with Crippen molar-refractivity contribution in [1.29, 1.82) is 0 Å². The molecule has 1 N–H and O–H groups in total. The van der Waals surface area contributed by atoms with Crippen LogP contribution in [0.1, 0.15) is 6.92 Å². The van der Waals surface area contributed by atoms with Crippen LogP contribution in [-0.2, 0) is 4.79 Å². The standard InChI is InChI=1S/C15H12ClN3O2S/c1-9(21-14-5-3-2-4-11(14)16)15(20)17-10-6-7-12-13(8-10)19-22-18-12/h2-9H,1H3,(H,17,20)/t9-/m0/s1. The Balaban J connectivity index is 1.69. The molecule has 0 spiro atoms. The molecule has 0 radical (unpaired) electrons. The van der Waals surface area contributed by atoms with E-state index < -0.39 is 6.10 Å². The molecular formula is C15H12ClN3O2S. The summed E-state index contributed by atoms with van der Waals surface area (Å²) < 4.78 is 13.8. The van der Waals surface area contributed by atoms with Crippen LogP contribution in [0.25, 0.3) is 11.0 Å². The maximum Gasteiger partial charge on any atom is 0.265 e. The number of nitrogens with zero attached hydrogens (tertiary/aromatic N) is 2. The summed E-state index contributed by atoms with van der Waals surface area (Å²) in [6, 6.07) is 12.4. The molecule has 0 saturated heterocycles. The molecule has 22 heavy (non-hydrogen) atoms. The molecule has 5 nitrogen and oxygen atoms in total. The molecule has 1 amide bonds. The number of nitrogens with one attached hydrogen (secondary N) is 1. The molecule has 0 aliphatic heterocycles. The second kappa shape index (κ2) is 6.29. The third kappa shape index (κ3) is 3.18. The first-order valence-electron chi connectivity index (χ1n) is 6.58. The number of carbonyl (C=O) groups is 1. The fourth-order valence-electron chi connectivity index (χ4n) is 1.89. The van der Waals surface area contributed by atoms with Gasteiger partial charge in [-0.05, 0) is 37.3 Å². The number of carbonyl (C=O) groups excluding carboxylic acids is 1. The smallest absolute Gasteiger partial charge is 0.265 e. The van der Waals surface area contributed by atoms with E-state index in [0.29, 0.717) is 16.5 Å². The number of rotatable bonds is 4. The van der Waals surface area contributed by atoms with E-state index in [9.17, 15) is 4.79 Å². The van der Waals surface area contributed by atoms with Crippen LogP contribution in [0.4, 0.5) is 5.69 Å². The van der Waals surface area contributed by atoms with Gasteiger partial charge in [0.05, 0.1) is 16.8 Å². The molecule has 0 unspecified atom stereocenters. The van der Waals surface area contributed by atoms with E-state index >= 15 is 0 Å². The first-order chi connectivity index (χ1) is 10.6. The minimum Gasteiger partial charge on any atom is -0.479 e. The Kier molecular flexibility index (Phi) is 4.22. The van der Waals surface area contributed by atoms with E-state index in [1.807, 2.05) is 6.07 Å². The summed E-state index contributed by atoms with van der Waals surface area (Å²) in [6.45, 7) is 1.67. The zero-order valence-corrected chi connectivity index (χ0v) is 13.2. The van der Waals surface area contributed by atoms with Gasteiger partial charge in [-0.25, -0.2) is 0 Å². The van der Waals surface area contributed by atoms with Crippen molar-refractivity contribution >= 4 is 46.0 Å². The third-order valence-corrected chi connectivity index (χ3v) is 3.90. The van der Waals surface area contributed by atoms with Crippen LogP contribution in [0.3, 0.4) is 0 Å². The van der Waals surface area contributed by atoms with Crippen molar-refractivity contribution in [3.05, 3.63) is 47.5 Å². The Hall–Kier alpha value is -2.18. The molecule has 0 fully saturated rings. The highest BCUT2D eigenvalue weighted by Crippen LogP contribution is 2.24. The third-order valence-electron chi connectivity index (χ3n) is 3.03. The maximum atomic E-state index is 12.2. The van der Waals surface area contributed by atoms with E-state index in [1.165, 1.54) is 0 Å². The van der Waals surface area contributed by atoms with Crippen LogP contribution >= 0.6 is 23.3 Å². The van der Waals surface area contributed by atoms with Crippen LogP contribution < -0.4 is 10.1 Å². The van der Waals surface area contributed by atoms with Gasteiger partial charge in [0.25, 0.3) is 5.91 Å². The van der Waals surface area contributed by atoms with Crippen molar-refractivity contribution in [2.45, 2.75) is 13.0 Å². The summed E-state index contributed by atoms with van der Waals surface area (Å²) in [5.74, 6) is 0.216. The Labute approximate surface area is 136 Å².